The minimum absolute atomic E-state index is 0.331. The van der Waals surface area contributed by atoms with Crippen LogP contribution >= 0.6 is 15.9 Å². The molecule has 108 valence electrons. The largest absolute Gasteiger partial charge is 0.294 e. The van der Waals surface area contributed by atoms with Crippen molar-refractivity contribution < 1.29 is 4.79 Å². The van der Waals surface area contributed by atoms with E-state index in [1.165, 1.54) is 31.1 Å². The van der Waals surface area contributed by atoms with Gasteiger partial charge in [0.15, 0.2) is 5.78 Å². The predicted molar refractivity (Wildman–Crippen MR) is 89.5 cm³/mol. The Hall–Kier alpha value is -1.15. The van der Waals surface area contributed by atoms with Crippen molar-refractivity contribution in [2.24, 2.45) is 17.8 Å². The maximum Gasteiger partial charge on any atom is 0.163 e. The summed E-state index contributed by atoms with van der Waals surface area (Å²) in [7, 11) is 0. The molecular formula is C19H19BrO. The highest BCUT2D eigenvalue weighted by molar-refractivity contribution is 9.10. The zero-order valence-corrected chi connectivity index (χ0v) is 13.6. The summed E-state index contributed by atoms with van der Waals surface area (Å²) in [6, 6.07) is 12.3. The maximum atomic E-state index is 12.6. The summed E-state index contributed by atoms with van der Waals surface area (Å²) >= 11 is 3.49. The summed E-state index contributed by atoms with van der Waals surface area (Å²) in [6.07, 6.45) is 6.18. The second-order valence-corrected chi connectivity index (χ2v) is 7.68. The average molecular weight is 343 g/mol. The minimum Gasteiger partial charge on any atom is -0.294 e. The first kappa shape index (κ1) is 13.5. The molecule has 0 aliphatic heterocycles. The molecule has 0 aromatic heterocycles. The van der Waals surface area contributed by atoms with E-state index in [-0.39, 0.29) is 0 Å². The highest BCUT2D eigenvalue weighted by Crippen LogP contribution is 2.49. The molecular weight excluding hydrogens is 324 g/mol. The van der Waals surface area contributed by atoms with E-state index >= 15 is 0 Å². The van der Waals surface area contributed by atoms with E-state index in [1.54, 1.807) is 0 Å². The number of rotatable bonds is 3. The van der Waals surface area contributed by atoms with Gasteiger partial charge in [0.1, 0.15) is 0 Å². The van der Waals surface area contributed by atoms with E-state index in [0.29, 0.717) is 11.7 Å². The van der Waals surface area contributed by atoms with Crippen LogP contribution in [0, 0.1) is 17.8 Å². The van der Waals surface area contributed by atoms with Crippen LogP contribution in [0.4, 0.5) is 0 Å². The summed E-state index contributed by atoms with van der Waals surface area (Å²) in [5.74, 6) is 2.73. The predicted octanol–water partition coefficient (Wildman–Crippen LogP) is 5.61. The quantitative estimate of drug-likeness (QED) is 0.662. The van der Waals surface area contributed by atoms with Crippen LogP contribution in [0.3, 0.4) is 0 Å². The third-order valence-electron chi connectivity index (χ3n) is 5.46. The number of benzene rings is 2. The zero-order chi connectivity index (χ0) is 14.4. The SMILES string of the molecule is O=C(CC1CC2CCC1C2)c1ccc2cc(Br)ccc2c1. The number of hydrogen-bond donors (Lipinski definition) is 0. The topological polar surface area (TPSA) is 17.1 Å². The Kier molecular flexibility index (Phi) is 3.37. The molecule has 2 aromatic carbocycles. The first-order valence-electron chi connectivity index (χ1n) is 7.91. The lowest BCUT2D eigenvalue weighted by atomic mass is 9.84. The Bertz CT molecular complexity index is 706. The molecule has 0 radical (unpaired) electrons. The Morgan fingerprint density at radius 1 is 1.05 bits per heavy atom. The number of Topliss-reactive ketones (excluding diaryl/α,β-unsaturated/α-hetero) is 1. The first-order valence-corrected chi connectivity index (χ1v) is 8.71. The van der Waals surface area contributed by atoms with Crippen molar-refractivity contribution in [2.75, 3.05) is 0 Å². The summed E-state index contributed by atoms with van der Waals surface area (Å²) in [5.41, 5.74) is 0.882. The van der Waals surface area contributed by atoms with Gasteiger partial charge in [0.2, 0.25) is 0 Å². The second kappa shape index (κ2) is 5.24. The van der Waals surface area contributed by atoms with Crippen molar-refractivity contribution in [1.29, 1.82) is 0 Å². The van der Waals surface area contributed by atoms with E-state index in [4.69, 9.17) is 0 Å². The van der Waals surface area contributed by atoms with Crippen LogP contribution in [0.1, 0.15) is 42.5 Å². The molecule has 2 aliphatic rings. The molecule has 2 bridgehead atoms. The Balaban J connectivity index is 1.55. The van der Waals surface area contributed by atoms with Gasteiger partial charge >= 0.3 is 0 Å². The maximum absolute atomic E-state index is 12.6. The molecule has 0 N–H and O–H groups in total. The van der Waals surface area contributed by atoms with Crippen LogP contribution in [0.25, 0.3) is 10.8 Å². The standard InChI is InChI=1S/C19H19BrO/c20-18-6-5-14-9-16(4-3-15(14)10-18)19(21)11-17-8-12-1-2-13(17)7-12/h3-6,9-10,12-13,17H,1-2,7-8,11H2. The molecule has 2 saturated carbocycles. The summed E-state index contributed by atoms with van der Waals surface area (Å²) < 4.78 is 1.08. The fraction of sp³-hybridized carbons (Fsp3) is 0.421. The second-order valence-electron chi connectivity index (χ2n) is 6.77. The minimum atomic E-state index is 0.331. The summed E-state index contributed by atoms with van der Waals surface area (Å²) in [4.78, 5) is 12.6. The smallest absolute Gasteiger partial charge is 0.163 e. The van der Waals surface area contributed by atoms with Gasteiger partial charge < -0.3 is 0 Å². The van der Waals surface area contributed by atoms with E-state index in [1.807, 2.05) is 12.1 Å². The molecule has 0 amide bonds. The van der Waals surface area contributed by atoms with Crippen LogP contribution in [0.15, 0.2) is 40.9 Å². The van der Waals surface area contributed by atoms with Crippen molar-refractivity contribution in [1.82, 2.24) is 0 Å². The average Bonchev–Trinajstić information content (AvgIpc) is 3.09. The van der Waals surface area contributed by atoms with Gasteiger partial charge in [-0.1, -0.05) is 40.5 Å². The Labute approximate surface area is 133 Å². The lowest BCUT2D eigenvalue weighted by molar-refractivity contribution is 0.0944. The fourth-order valence-electron chi connectivity index (χ4n) is 4.37. The molecule has 3 atom stereocenters. The van der Waals surface area contributed by atoms with Crippen molar-refractivity contribution in [3.63, 3.8) is 0 Å². The fourth-order valence-corrected chi connectivity index (χ4v) is 4.75. The summed E-state index contributed by atoms with van der Waals surface area (Å²) in [6.45, 7) is 0. The number of ketones is 1. The molecule has 21 heavy (non-hydrogen) atoms. The highest BCUT2D eigenvalue weighted by atomic mass is 79.9. The molecule has 3 unspecified atom stereocenters. The number of hydrogen-bond acceptors (Lipinski definition) is 1. The van der Waals surface area contributed by atoms with E-state index in [9.17, 15) is 4.79 Å². The first-order chi connectivity index (χ1) is 10.2. The number of fused-ring (bicyclic) bond motifs is 3. The highest BCUT2D eigenvalue weighted by Gasteiger charge is 2.40. The normalized spacial score (nSPS) is 27.4. The van der Waals surface area contributed by atoms with Crippen LogP contribution < -0.4 is 0 Å². The Morgan fingerprint density at radius 3 is 2.62 bits per heavy atom. The van der Waals surface area contributed by atoms with Gasteiger partial charge in [0, 0.05) is 16.5 Å². The van der Waals surface area contributed by atoms with Gasteiger partial charge in [-0.3, -0.25) is 4.79 Å². The Morgan fingerprint density at radius 2 is 1.86 bits per heavy atom. The molecule has 2 aliphatic carbocycles. The van der Waals surface area contributed by atoms with Gasteiger partial charge in [-0.2, -0.15) is 0 Å². The molecule has 4 rings (SSSR count). The van der Waals surface area contributed by atoms with Crippen LogP contribution in [-0.4, -0.2) is 5.78 Å². The van der Waals surface area contributed by atoms with E-state index in [0.717, 1.165) is 33.7 Å². The van der Waals surface area contributed by atoms with Crippen LogP contribution in [0.2, 0.25) is 0 Å². The number of carbonyl (C=O) groups excluding carboxylic acids is 1. The molecule has 2 aromatic rings. The molecule has 0 spiro atoms. The van der Waals surface area contributed by atoms with E-state index < -0.39 is 0 Å². The number of carbonyl (C=O) groups is 1. The third-order valence-corrected chi connectivity index (χ3v) is 5.95. The van der Waals surface area contributed by atoms with Crippen molar-refractivity contribution in [3.8, 4) is 0 Å². The molecule has 2 fully saturated rings. The van der Waals surface area contributed by atoms with Crippen molar-refractivity contribution >= 4 is 32.5 Å². The van der Waals surface area contributed by atoms with Crippen molar-refractivity contribution in [3.05, 3.63) is 46.4 Å². The van der Waals surface area contributed by atoms with Crippen molar-refractivity contribution in [2.45, 2.75) is 32.1 Å². The number of halogens is 1. The molecule has 1 nitrogen and oxygen atoms in total. The molecule has 2 heteroatoms. The zero-order valence-electron chi connectivity index (χ0n) is 12.0. The lowest BCUT2D eigenvalue weighted by Gasteiger charge is -2.20. The molecule has 0 saturated heterocycles. The van der Waals surface area contributed by atoms with Crippen LogP contribution in [-0.2, 0) is 0 Å². The van der Waals surface area contributed by atoms with E-state index in [2.05, 4.69) is 40.2 Å². The third kappa shape index (κ3) is 2.55. The van der Waals surface area contributed by atoms with Gasteiger partial charge in [-0.15, -0.1) is 0 Å². The lowest BCUT2D eigenvalue weighted by Crippen LogP contribution is -2.15. The summed E-state index contributed by atoms with van der Waals surface area (Å²) in [5, 5.41) is 2.33. The van der Waals surface area contributed by atoms with Gasteiger partial charge in [-0.25, -0.2) is 0 Å². The van der Waals surface area contributed by atoms with Gasteiger partial charge in [-0.05, 0) is 66.0 Å². The monoisotopic (exact) mass is 342 g/mol. The van der Waals surface area contributed by atoms with Crippen LogP contribution in [0.5, 0.6) is 0 Å². The van der Waals surface area contributed by atoms with Gasteiger partial charge in [0.25, 0.3) is 0 Å². The van der Waals surface area contributed by atoms with Gasteiger partial charge in [0.05, 0.1) is 0 Å². The molecule has 0 heterocycles.